The Morgan fingerprint density at radius 3 is 2.65 bits per heavy atom. The number of amides is 1. The molecule has 2 aromatic heterocycles. The fourth-order valence-corrected chi connectivity index (χ4v) is 3.44. The maximum Gasteiger partial charge on any atom is 0.223 e. The second kappa shape index (κ2) is 6.14. The van der Waals surface area contributed by atoms with Gasteiger partial charge in [-0.3, -0.25) is 9.48 Å². The fraction of sp³-hybridized carbons (Fsp3) is 0.625. The van der Waals surface area contributed by atoms with Gasteiger partial charge in [0.05, 0.1) is 11.7 Å². The van der Waals surface area contributed by atoms with Crippen molar-refractivity contribution in [3.8, 4) is 0 Å². The summed E-state index contributed by atoms with van der Waals surface area (Å²) >= 11 is 0. The van der Waals surface area contributed by atoms with Gasteiger partial charge >= 0.3 is 0 Å². The van der Waals surface area contributed by atoms with E-state index in [0.717, 1.165) is 48.6 Å². The number of nitrogens with zero attached hydrogens (tertiary/aromatic N) is 5. The van der Waals surface area contributed by atoms with E-state index in [4.69, 9.17) is 4.63 Å². The van der Waals surface area contributed by atoms with Crippen molar-refractivity contribution in [1.82, 2.24) is 25.0 Å². The molecule has 1 amide bonds. The molecule has 3 rings (SSSR count). The lowest BCUT2D eigenvalue weighted by molar-refractivity contribution is -0.132. The molecule has 0 aromatic carbocycles. The number of aryl methyl sites for hydroxylation is 3. The van der Waals surface area contributed by atoms with Crippen molar-refractivity contribution in [2.45, 2.75) is 52.5 Å². The molecule has 1 atom stereocenters. The summed E-state index contributed by atoms with van der Waals surface area (Å²) in [4.78, 5) is 14.6. The smallest absolute Gasteiger partial charge is 0.223 e. The van der Waals surface area contributed by atoms with Gasteiger partial charge < -0.3 is 4.90 Å². The van der Waals surface area contributed by atoms with Crippen LogP contribution in [0.2, 0.25) is 0 Å². The zero-order chi connectivity index (χ0) is 16.6. The third-order valence-electron chi connectivity index (χ3n) is 4.82. The van der Waals surface area contributed by atoms with Gasteiger partial charge in [-0.15, -0.1) is 0 Å². The van der Waals surface area contributed by atoms with Crippen molar-refractivity contribution >= 4 is 5.91 Å². The van der Waals surface area contributed by atoms with E-state index >= 15 is 0 Å². The zero-order valence-electron chi connectivity index (χ0n) is 14.2. The second-order valence-electron chi connectivity index (χ2n) is 6.25. The fourth-order valence-electron chi connectivity index (χ4n) is 3.44. The van der Waals surface area contributed by atoms with Crippen LogP contribution < -0.4 is 0 Å². The number of likely N-dealkylation sites (tertiary alicyclic amines) is 1. The third-order valence-corrected chi connectivity index (χ3v) is 4.82. The molecular formula is C16H23N5O2. The lowest BCUT2D eigenvalue weighted by Gasteiger charge is -2.23. The molecule has 0 unspecified atom stereocenters. The number of hydrogen-bond donors (Lipinski definition) is 0. The molecule has 0 spiro atoms. The van der Waals surface area contributed by atoms with Gasteiger partial charge in [-0.05, 0) is 45.6 Å². The molecule has 0 bridgehead atoms. The van der Waals surface area contributed by atoms with E-state index in [0.29, 0.717) is 6.42 Å². The molecule has 7 nitrogen and oxygen atoms in total. The molecule has 2 aromatic rings. The van der Waals surface area contributed by atoms with Crippen molar-refractivity contribution in [3.05, 3.63) is 28.3 Å². The molecule has 1 aliphatic rings. The highest BCUT2D eigenvalue weighted by molar-refractivity contribution is 5.77. The first-order valence-corrected chi connectivity index (χ1v) is 8.06. The van der Waals surface area contributed by atoms with Crippen molar-refractivity contribution < 1.29 is 9.42 Å². The molecule has 23 heavy (non-hydrogen) atoms. The van der Waals surface area contributed by atoms with Crippen molar-refractivity contribution in [3.63, 3.8) is 0 Å². The molecule has 124 valence electrons. The van der Waals surface area contributed by atoms with E-state index in [1.54, 1.807) is 0 Å². The monoisotopic (exact) mass is 317 g/mol. The summed E-state index contributed by atoms with van der Waals surface area (Å²) in [6.07, 6.45) is 3.14. The molecule has 0 N–H and O–H groups in total. The number of carbonyl (C=O) groups is 1. The number of hydrogen-bond acceptors (Lipinski definition) is 5. The lowest BCUT2D eigenvalue weighted by atomic mass is 10.1. The highest BCUT2D eigenvalue weighted by atomic mass is 16.6. The van der Waals surface area contributed by atoms with Gasteiger partial charge in [0, 0.05) is 25.7 Å². The van der Waals surface area contributed by atoms with Crippen molar-refractivity contribution in [1.29, 1.82) is 0 Å². The largest absolute Gasteiger partial charge is 0.334 e. The van der Waals surface area contributed by atoms with Gasteiger partial charge in [-0.1, -0.05) is 10.3 Å². The molecule has 3 heterocycles. The lowest BCUT2D eigenvalue weighted by Crippen LogP contribution is -2.31. The number of rotatable bonds is 4. The third kappa shape index (κ3) is 2.87. The highest BCUT2D eigenvalue weighted by Gasteiger charge is 2.33. The van der Waals surface area contributed by atoms with Crippen LogP contribution in [-0.2, 0) is 18.3 Å². The van der Waals surface area contributed by atoms with E-state index in [1.807, 2.05) is 37.4 Å². The molecule has 1 aliphatic heterocycles. The van der Waals surface area contributed by atoms with E-state index in [2.05, 4.69) is 15.4 Å². The first-order valence-electron chi connectivity index (χ1n) is 8.06. The normalized spacial score (nSPS) is 17.9. The number of aromatic nitrogens is 4. The Bertz CT molecular complexity index is 718. The van der Waals surface area contributed by atoms with Gasteiger partial charge in [-0.25, -0.2) is 4.63 Å². The molecule has 1 fully saturated rings. The van der Waals surface area contributed by atoms with Gasteiger partial charge in [0.25, 0.3) is 0 Å². The minimum atomic E-state index is 0.00448. The van der Waals surface area contributed by atoms with Crippen LogP contribution in [0.4, 0.5) is 0 Å². The summed E-state index contributed by atoms with van der Waals surface area (Å²) in [5.74, 6) is 0.164. The van der Waals surface area contributed by atoms with Gasteiger partial charge in [0.15, 0.2) is 0 Å². The summed E-state index contributed by atoms with van der Waals surface area (Å²) in [7, 11) is 1.94. The highest BCUT2D eigenvalue weighted by Crippen LogP contribution is 2.32. The first kappa shape index (κ1) is 15.7. The molecular weight excluding hydrogens is 294 g/mol. The Morgan fingerprint density at radius 1 is 1.26 bits per heavy atom. The first-order chi connectivity index (χ1) is 11.0. The average Bonchev–Trinajstić information content (AvgIpc) is 3.19. The van der Waals surface area contributed by atoms with E-state index < -0.39 is 0 Å². The molecule has 1 saturated heterocycles. The molecule has 0 aliphatic carbocycles. The van der Waals surface area contributed by atoms with Crippen LogP contribution in [0.15, 0.2) is 4.63 Å². The minimum Gasteiger partial charge on any atom is -0.334 e. The van der Waals surface area contributed by atoms with Crippen LogP contribution >= 0.6 is 0 Å². The Hall–Kier alpha value is -2.18. The minimum absolute atomic E-state index is 0.00448. The summed E-state index contributed by atoms with van der Waals surface area (Å²) in [6, 6.07) is 0.00448. The zero-order valence-corrected chi connectivity index (χ0v) is 14.2. The van der Waals surface area contributed by atoms with E-state index in [1.165, 1.54) is 5.56 Å². The standard InChI is InChI=1S/C16H23N5O2/c1-10-13(12(3)20(4)17-10)7-8-15(22)21-9-5-6-14(21)16-11(2)18-23-19-16/h14H,5-9H2,1-4H3/t14-/m1/s1. The summed E-state index contributed by atoms with van der Waals surface area (Å²) in [5, 5.41) is 12.2. The van der Waals surface area contributed by atoms with Gasteiger partial charge in [0.1, 0.15) is 11.4 Å². The SMILES string of the molecule is Cc1nonc1[C@H]1CCCN1C(=O)CCc1c(C)nn(C)c1C. The predicted molar refractivity (Wildman–Crippen MR) is 83.7 cm³/mol. The Balaban J connectivity index is 1.69. The van der Waals surface area contributed by atoms with Crippen LogP contribution in [0, 0.1) is 20.8 Å². The summed E-state index contributed by atoms with van der Waals surface area (Å²) in [5.41, 5.74) is 4.88. The Morgan fingerprint density at radius 2 is 2.04 bits per heavy atom. The topological polar surface area (TPSA) is 77.1 Å². The van der Waals surface area contributed by atoms with Crippen LogP contribution in [-0.4, -0.2) is 37.4 Å². The summed E-state index contributed by atoms with van der Waals surface area (Å²) in [6.45, 7) is 6.69. The quantitative estimate of drug-likeness (QED) is 0.862. The van der Waals surface area contributed by atoms with Crippen LogP contribution in [0.3, 0.4) is 0 Å². The summed E-state index contributed by atoms with van der Waals surface area (Å²) < 4.78 is 6.67. The Kier molecular flexibility index (Phi) is 4.19. The predicted octanol–water partition coefficient (Wildman–Crippen LogP) is 2.02. The molecule has 7 heteroatoms. The van der Waals surface area contributed by atoms with Crippen LogP contribution in [0.25, 0.3) is 0 Å². The average molecular weight is 317 g/mol. The number of carbonyl (C=O) groups excluding carboxylic acids is 1. The Labute approximate surface area is 135 Å². The van der Waals surface area contributed by atoms with Crippen molar-refractivity contribution in [2.75, 3.05) is 6.54 Å². The van der Waals surface area contributed by atoms with Crippen LogP contribution in [0.1, 0.15) is 53.6 Å². The van der Waals surface area contributed by atoms with E-state index in [9.17, 15) is 4.79 Å². The maximum absolute atomic E-state index is 12.7. The maximum atomic E-state index is 12.7. The van der Waals surface area contributed by atoms with Crippen LogP contribution in [0.5, 0.6) is 0 Å². The van der Waals surface area contributed by atoms with Crippen molar-refractivity contribution in [2.24, 2.45) is 7.05 Å². The van der Waals surface area contributed by atoms with E-state index in [-0.39, 0.29) is 11.9 Å². The second-order valence-corrected chi connectivity index (χ2v) is 6.25. The molecule has 0 saturated carbocycles. The van der Waals surface area contributed by atoms with Gasteiger partial charge in [-0.2, -0.15) is 5.10 Å². The van der Waals surface area contributed by atoms with Gasteiger partial charge in [0.2, 0.25) is 5.91 Å². The molecule has 0 radical (unpaired) electrons.